The maximum absolute atomic E-state index is 11.6. The maximum atomic E-state index is 11.6. The highest BCUT2D eigenvalue weighted by Gasteiger charge is 1.84. The molecule has 0 unspecified atom stereocenters. The molecule has 0 aromatic heterocycles. The minimum absolute atomic E-state index is 0.319. The maximum Gasteiger partial charge on any atom is 0.131 e. The summed E-state index contributed by atoms with van der Waals surface area (Å²) in [5.74, 6) is 0. The molecule has 0 saturated carbocycles. The minimum Gasteiger partial charge on any atom is -0.259 e. The zero-order valence-corrected chi connectivity index (χ0v) is 4.60. The van der Waals surface area contributed by atoms with Crippen molar-refractivity contribution in [1.82, 2.24) is 0 Å². The van der Waals surface area contributed by atoms with Crippen molar-refractivity contribution in [2.24, 2.45) is 4.99 Å². The molecule has 0 radical (unpaired) electrons. The van der Waals surface area contributed by atoms with E-state index in [2.05, 4.69) is 18.2 Å². The van der Waals surface area contributed by atoms with E-state index in [0.717, 1.165) is 0 Å². The van der Waals surface area contributed by atoms with Crippen molar-refractivity contribution in [3.63, 3.8) is 0 Å². The van der Waals surface area contributed by atoms with Gasteiger partial charge >= 0.3 is 0 Å². The first-order chi connectivity index (χ1) is 3.85. The van der Waals surface area contributed by atoms with Crippen molar-refractivity contribution < 1.29 is 4.39 Å². The first kappa shape index (κ1) is 7.08. The molecular weight excluding hydrogens is 105 g/mol. The molecule has 0 saturated heterocycles. The second-order valence-electron chi connectivity index (χ2n) is 1.14. The summed E-state index contributed by atoms with van der Waals surface area (Å²) in [6, 6.07) is 0. The molecule has 0 aliphatic rings. The highest BCUT2D eigenvalue weighted by Crippen LogP contribution is 1.81. The van der Waals surface area contributed by atoms with Gasteiger partial charge in [0.15, 0.2) is 0 Å². The van der Waals surface area contributed by atoms with Gasteiger partial charge in [0.05, 0.1) is 5.71 Å². The summed E-state index contributed by atoms with van der Waals surface area (Å²) in [6.07, 6.45) is 2.65. The number of alkyl halides is 1. The monoisotopic (exact) mass is 113 g/mol. The molecule has 0 rings (SSSR count). The molecule has 8 heavy (non-hydrogen) atoms. The van der Waals surface area contributed by atoms with E-state index in [0.29, 0.717) is 5.71 Å². The summed E-state index contributed by atoms with van der Waals surface area (Å²) < 4.78 is 11.6. The van der Waals surface area contributed by atoms with E-state index in [4.69, 9.17) is 0 Å². The number of hydrogen-bond acceptors (Lipinski definition) is 1. The van der Waals surface area contributed by atoms with Crippen LogP contribution in [-0.2, 0) is 0 Å². The second kappa shape index (κ2) is 4.24. The zero-order valence-electron chi connectivity index (χ0n) is 4.60. The molecule has 1 nitrogen and oxygen atoms in total. The van der Waals surface area contributed by atoms with E-state index in [-0.39, 0.29) is 0 Å². The standard InChI is InChI=1S/C6H8FN/c1-3-6(5-7)8-4-2/h3-4H,1-2,5H2. The fourth-order valence-corrected chi connectivity index (χ4v) is 0.259. The molecule has 0 aromatic carbocycles. The number of nitrogens with zero attached hydrogens (tertiary/aromatic N) is 1. The summed E-state index contributed by atoms with van der Waals surface area (Å²) in [7, 11) is 0. The molecule has 0 bridgehead atoms. The largest absolute Gasteiger partial charge is 0.259 e. The quantitative estimate of drug-likeness (QED) is 0.494. The van der Waals surface area contributed by atoms with Crippen molar-refractivity contribution in [2.75, 3.05) is 6.67 Å². The summed E-state index contributed by atoms with van der Waals surface area (Å²) in [5.41, 5.74) is 0.319. The molecule has 0 heterocycles. The Labute approximate surface area is 48.2 Å². The molecule has 2 heteroatoms. The van der Waals surface area contributed by atoms with Gasteiger partial charge in [0, 0.05) is 6.20 Å². The Morgan fingerprint density at radius 3 is 2.38 bits per heavy atom. The third-order valence-electron chi connectivity index (χ3n) is 0.630. The van der Waals surface area contributed by atoms with E-state index >= 15 is 0 Å². The van der Waals surface area contributed by atoms with Crippen molar-refractivity contribution in [2.45, 2.75) is 0 Å². The van der Waals surface area contributed by atoms with Crippen molar-refractivity contribution in [3.8, 4) is 0 Å². The molecule has 0 atom stereocenters. The predicted molar refractivity (Wildman–Crippen MR) is 33.8 cm³/mol. The van der Waals surface area contributed by atoms with Crippen LogP contribution in [0, 0.1) is 0 Å². The van der Waals surface area contributed by atoms with E-state index in [9.17, 15) is 4.39 Å². The normalized spacial score (nSPS) is 10.9. The number of halogens is 1. The number of rotatable bonds is 3. The lowest BCUT2D eigenvalue weighted by molar-refractivity contribution is 0.582. The van der Waals surface area contributed by atoms with Crippen molar-refractivity contribution in [3.05, 3.63) is 25.4 Å². The van der Waals surface area contributed by atoms with Crippen molar-refractivity contribution >= 4 is 5.71 Å². The Balaban J connectivity index is 3.84. The Bertz CT molecular complexity index is 116. The fourth-order valence-electron chi connectivity index (χ4n) is 0.259. The van der Waals surface area contributed by atoms with Crippen LogP contribution in [0.1, 0.15) is 0 Å². The molecular formula is C6H8FN. The summed E-state index contributed by atoms with van der Waals surface area (Å²) >= 11 is 0. The van der Waals surface area contributed by atoms with Crippen LogP contribution in [-0.4, -0.2) is 12.4 Å². The summed E-state index contributed by atoms with van der Waals surface area (Å²) in [6.45, 7) is 6.05. The Morgan fingerprint density at radius 1 is 1.62 bits per heavy atom. The highest BCUT2D eigenvalue weighted by molar-refractivity contribution is 5.95. The highest BCUT2D eigenvalue weighted by atomic mass is 19.1. The number of aliphatic imine (C=N–C) groups is 1. The molecule has 0 aliphatic carbocycles. The lowest BCUT2D eigenvalue weighted by Gasteiger charge is -1.85. The third kappa shape index (κ3) is 2.29. The van der Waals surface area contributed by atoms with Crippen LogP contribution in [0.15, 0.2) is 30.4 Å². The molecule has 0 fully saturated rings. The first-order valence-corrected chi connectivity index (χ1v) is 2.21. The molecule has 0 aliphatic heterocycles. The van der Waals surface area contributed by atoms with Crippen LogP contribution in [0.5, 0.6) is 0 Å². The molecule has 0 N–H and O–H groups in total. The average molecular weight is 113 g/mol. The van der Waals surface area contributed by atoms with Crippen molar-refractivity contribution in [1.29, 1.82) is 0 Å². The second-order valence-corrected chi connectivity index (χ2v) is 1.14. The van der Waals surface area contributed by atoms with Gasteiger partial charge in [-0.25, -0.2) is 4.39 Å². The summed E-state index contributed by atoms with van der Waals surface area (Å²) in [5, 5.41) is 0. The molecule has 0 amide bonds. The third-order valence-corrected chi connectivity index (χ3v) is 0.630. The van der Waals surface area contributed by atoms with Gasteiger partial charge in [-0.2, -0.15) is 0 Å². The lowest BCUT2D eigenvalue weighted by Crippen LogP contribution is -1.92. The number of allylic oxidation sites excluding steroid dienone is 1. The van der Waals surface area contributed by atoms with Gasteiger partial charge in [0.2, 0.25) is 0 Å². The zero-order chi connectivity index (χ0) is 6.41. The van der Waals surface area contributed by atoms with Crippen LogP contribution < -0.4 is 0 Å². The van der Waals surface area contributed by atoms with E-state index in [1.165, 1.54) is 12.3 Å². The average Bonchev–Trinajstić information content (AvgIpc) is 1.83. The summed E-state index contributed by atoms with van der Waals surface area (Å²) in [4.78, 5) is 3.55. The Hall–Kier alpha value is -0.920. The predicted octanol–water partition coefficient (Wildman–Crippen LogP) is 1.73. The lowest BCUT2D eigenvalue weighted by atomic mass is 10.4. The Morgan fingerprint density at radius 2 is 2.25 bits per heavy atom. The van der Waals surface area contributed by atoms with Gasteiger partial charge in [0.1, 0.15) is 6.67 Å². The van der Waals surface area contributed by atoms with E-state index in [1.807, 2.05) is 0 Å². The molecule has 0 aromatic rings. The van der Waals surface area contributed by atoms with Gasteiger partial charge in [0.25, 0.3) is 0 Å². The minimum atomic E-state index is -0.574. The van der Waals surface area contributed by atoms with Gasteiger partial charge in [-0.3, -0.25) is 4.99 Å². The Kier molecular flexibility index (Phi) is 3.76. The van der Waals surface area contributed by atoms with Crippen LogP contribution in [0.4, 0.5) is 4.39 Å². The smallest absolute Gasteiger partial charge is 0.131 e. The van der Waals surface area contributed by atoms with Gasteiger partial charge in [-0.05, 0) is 6.08 Å². The van der Waals surface area contributed by atoms with Gasteiger partial charge in [-0.15, -0.1) is 0 Å². The van der Waals surface area contributed by atoms with E-state index in [1.54, 1.807) is 0 Å². The van der Waals surface area contributed by atoms with Crippen LogP contribution >= 0.6 is 0 Å². The van der Waals surface area contributed by atoms with Gasteiger partial charge < -0.3 is 0 Å². The topological polar surface area (TPSA) is 12.4 Å². The van der Waals surface area contributed by atoms with Crippen LogP contribution in [0.3, 0.4) is 0 Å². The molecule has 0 spiro atoms. The van der Waals surface area contributed by atoms with E-state index < -0.39 is 6.67 Å². The SMILES string of the molecule is C=CN=C(C=C)CF. The van der Waals surface area contributed by atoms with Crippen LogP contribution in [0.25, 0.3) is 0 Å². The molecule has 44 valence electrons. The fraction of sp³-hybridized carbons (Fsp3) is 0.167. The van der Waals surface area contributed by atoms with Gasteiger partial charge in [-0.1, -0.05) is 13.2 Å². The van der Waals surface area contributed by atoms with Crippen LogP contribution in [0.2, 0.25) is 0 Å². The number of hydrogen-bond donors (Lipinski definition) is 0. The first-order valence-electron chi connectivity index (χ1n) is 2.21.